The van der Waals surface area contributed by atoms with Crippen molar-refractivity contribution in [2.75, 3.05) is 5.73 Å². The minimum Gasteiger partial charge on any atom is -0.369 e. The lowest BCUT2D eigenvalue weighted by Crippen LogP contribution is -2.02. The lowest BCUT2D eigenvalue weighted by molar-refractivity contribution is 0.622. The lowest BCUT2D eigenvalue weighted by Gasteiger charge is -2.11. The predicted molar refractivity (Wildman–Crippen MR) is 90.3 cm³/mol. The van der Waals surface area contributed by atoms with E-state index in [2.05, 4.69) is 36.8 Å². The van der Waals surface area contributed by atoms with Crippen LogP contribution in [0.25, 0.3) is 16.7 Å². The monoisotopic (exact) mass is 411 g/mol. The number of nitrogen functional groups attached to an aromatic ring is 1. The molecule has 0 saturated carbocycles. The summed E-state index contributed by atoms with van der Waals surface area (Å²) in [5.74, 6) is -0.00201. The highest BCUT2D eigenvalue weighted by molar-refractivity contribution is 9.10. The molecule has 0 amide bonds. The number of nitrogens with two attached hydrogens (primary N) is 1. The van der Waals surface area contributed by atoms with Gasteiger partial charge >= 0.3 is 0 Å². The summed E-state index contributed by atoms with van der Waals surface area (Å²) in [7, 11) is 0. The van der Waals surface area contributed by atoms with Crippen LogP contribution < -0.4 is 5.73 Å². The molecule has 0 aliphatic carbocycles. The van der Waals surface area contributed by atoms with Gasteiger partial charge in [0.05, 0.1) is 15.5 Å². The molecule has 3 rings (SSSR count). The molecule has 0 unspecified atom stereocenters. The topological polar surface area (TPSA) is 43.8 Å². The molecule has 0 radical (unpaired) electrons. The van der Waals surface area contributed by atoms with Crippen molar-refractivity contribution in [2.45, 2.75) is 13.8 Å². The summed E-state index contributed by atoms with van der Waals surface area (Å²) in [6, 6.07) is 7.06. The van der Waals surface area contributed by atoms with E-state index in [9.17, 15) is 4.39 Å². The number of aromatic nitrogens is 2. The fourth-order valence-electron chi connectivity index (χ4n) is 2.41. The van der Waals surface area contributed by atoms with Crippen molar-refractivity contribution in [2.24, 2.45) is 0 Å². The van der Waals surface area contributed by atoms with Gasteiger partial charge in [0, 0.05) is 16.2 Å². The molecule has 0 saturated heterocycles. The normalized spacial score (nSPS) is 11.3. The number of hydrogen-bond acceptors (Lipinski definition) is 2. The van der Waals surface area contributed by atoms with E-state index in [0.717, 1.165) is 21.3 Å². The highest BCUT2D eigenvalue weighted by Crippen LogP contribution is 2.30. The van der Waals surface area contributed by atoms with Crippen LogP contribution in [0, 0.1) is 19.7 Å². The van der Waals surface area contributed by atoms with E-state index < -0.39 is 0 Å². The Balaban J connectivity index is 2.34. The van der Waals surface area contributed by atoms with Crippen LogP contribution in [-0.4, -0.2) is 9.55 Å². The quantitative estimate of drug-likeness (QED) is 0.618. The van der Waals surface area contributed by atoms with Gasteiger partial charge in [0.15, 0.2) is 0 Å². The third kappa shape index (κ3) is 2.36. The Labute approximate surface area is 138 Å². The van der Waals surface area contributed by atoms with E-state index in [1.54, 1.807) is 10.6 Å². The van der Waals surface area contributed by atoms with Gasteiger partial charge in [0.1, 0.15) is 5.82 Å². The van der Waals surface area contributed by atoms with Crippen LogP contribution in [0.3, 0.4) is 0 Å². The van der Waals surface area contributed by atoms with E-state index in [-0.39, 0.29) is 5.82 Å². The Bertz CT molecular complexity index is 848. The molecule has 0 aliphatic heterocycles. The van der Waals surface area contributed by atoms with Crippen LogP contribution in [-0.2, 0) is 0 Å². The zero-order valence-corrected chi connectivity index (χ0v) is 14.6. The van der Waals surface area contributed by atoms with Gasteiger partial charge in [-0.2, -0.15) is 0 Å². The molecule has 108 valence electrons. The Morgan fingerprint density at radius 1 is 1.10 bits per heavy atom. The van der Waals surface area contributed by atoms with Crippen LogP contribution >= 0.6 is 31.9 Å². The lowest BCUT2D eigenvalue weighted by atomic mass is 10.1. The number of benzene rings is 2. The molecule has 2 N–H and O–H groups in total. The molecule has 0 fully saturated rings. The average molecular weight is 413 g/mol. The first-order valence-corrected chi connectivity index (χ1v) is 7.87. The van der Waals surface area contributed by atoms with Crippen molar-refractivity contribution in [3.63, 3.8) is 0 Å². The van der Waals surface area contributed by atoms with Crippen molar-refractivity contribution in [1.29, 1.82) is 0 Å². The summed E-state index contributed by atoms with van der Waals surface area (Å²) in [6.45, 7) is 4.01. The van der Waals surface area contributed by atoms with Crippen molar-refractivity contribution >= 4 is 48.8 Å². The predicted octanol–water partition coefficient (Wildman–Crippen LogP) is 4.89. The second kappa shape index (κ2) is 5.10. The molecular weight excluding hydrogens is 401 g/mol. The summed E-state index contributed by atoms with van der Waals surface area (Å²) >= 11 is 6.71. The summed E-state index contributed by atoms with van der Waals surface area (Å²) in [6.07, 6.45) is 0. The van der Waals surface area contributed by atoms with Gasteiger partial charge in [-0.3, -0.25) is 4.57 Å². The molecule has 1 aromatic heterocycles. The van der Waals surface area contributed by atoms with Crippen LogP contribution in [0.4, 0.5) is 10.3 Å². The standard InChI is InChI=1S/C15H12Br2FN3/c1-7-3-9(4-8(2)14(7)17)21-13-6-11(18)10(16)5-12(13)20-15(21)19/h3-6H,1-2H3,(H2,19,20). The number of fused-ring (bicyclic) bond motifs is 1. The number of rotatable bonds is 1. The van der Waals surface area contributed by atoms with E-state index in [4.69, 9.17) is 5.73 Å². The molecular formula is C15H12Br2FN3. The highest BCUT2D eigenvalue weighted by Gasteiger charge is 2.14. The Hall–Kier alpha value is -1.40. The van der Waals surface area contributed by atoms with Gasteiger partial charge in [-0.05, 0) is 59.1 Å². The fraction of sp³-hybridized carbons (Fsp3) is 0.133. The zero-order valence-electron chi connectivity index (χ0n) is 11.4. The van der Waals surface area contributed by atoms with Crippen LogP contribution in [0.15, 0.2) is 33.2 Å². The van der Waals surface area contributed by atoms with E-state index in [0.29, 0.717) is 21.5 Å². The van der Waals surface area contributed by atoms with Crippen LogP contribution in [0.1, 0.15) is 11.1 Å². The van der Waals surface area contributed by atoms with Crippen molar-refractivity contribution in [1.82, 2.24) is 9.55 Å². The number of anilines is 1. The minimum absolute atomic E-state index is 0.337. The smallest absolute Gasteiger partial charge is 0.205 e. The van der Waals surface area contributed by atoms with Crippen molar-refractivity contribution in [3.05, 3.63) is 50.2 Å². The maximum absolute atomic E-state index is 13.8. The summed E-state index contributed by atoms with van der Waals surface area (Å²) in [4.78, 5) is 4.31. The minimum atomic E-state index is -0.339. The SMILES string of the molecule is Cc1cc(-n2c(N)nc3cc(Br)c(F)cc32)cc(C)c1Br. The average Bonchev–Trinajstić information content (AvgIpc) is 2.71. The highest BCUT2D eigenvalue weighted by atomic mass is 79.9. The Morgan fingerprint density at radius 3 is 2.33 bits per heavy atom. The van der Waals surface area contributed by atoms with E-state index in [1.807, 2.05) is 26.0 Å². The number of hydrogen-bond donors (Lipinski definition) is 1. The molecule has 0 spiro atoms. The molecule has 21 heavy (non-hydrogen) atoms. The molecule has 3 aromatic rings. The summed E-state index contributed by atoms with van der Waals surface area (Å²) in [5.41, 5.74) is 10.4. The third-order valence-corrected chi connectivity index (χ3v) is 5.26. The second-order valence-electron chi connectivity index (χ2n) is 4.95. The van der Waals surface area contributed by atoms with Crippen molar-refractivity contribution in [3.8, 4) is 5.69 Å². The van der Waals surface area contributed by atoms with Gasteiger partial charge < -0.3 is 5.73 Å². The summed E-state index contributed by atoms with van der Waals surface area (Å²) in [5, 5.41) is 0. The van der Waals surface area contributed by atoms with Gasteiger partial charge in [-0.25, -0.2) is 9.37 Å². The van der Waals surface area contributed by atoms with Gasteiger partial charge in [0.25, 0.3) is 0 Å². The van der Waals surface area contributed by atoms with Gasteiger partial charge in [-0.1, -0.05) is 15.9 Å². The maximum atomic E-state index is 13.8. The molecule has 1 heterocycles. The molecule has 0 bridgehead atoms. The largest absolute Gasteiger partial charge is 0.369 e. The Kier molecular flexibility index (Phi) is 3.53. The van der Waals surface area contributed by atoms with Crippen LogP contribution in [0.5, 0.6) is 0 Å². The number of halogens is 3. The summed E-state index contributed by atoms with van der Waals surface area (Å²) < 4.78 is 17.0. The zero-order chi connectivity index (χ0) is 15.3. The first-order valence-electron chi connectivity index (χ1n) is 6.28. The molecule has 0 atom stereocenters. The molecule has 0 aliphatic rings. The number of aryl methyl sites for hydroxylation is 2. The molecule has 3 nitrogen and oxygen atoms in total. The number of nitrogens with zero attached hydrogens (tertiary/aromatic N) is 2. The van der Waals surface area contributed by atoms with Crippen molar-refractivity contribution < 1.29 is 4.39 Å². The van der Waals surface area contributed by atoms with E-state index in [1.165, 1.54) is 6.07 Å². The maximum Gasteiger partial charge on any atom is 0.205 e. The van der Waals surface area contributed by atoms with E-state index >= 15 is 0 Å². The van der Waals surface area contributed by atoms with Gasteiger partial charge in [0.2, 0.25) is 5.95 Å². The third-order valence-electron chi connectivity index (χ3n) is 3.40. The fourth-order valence-corrected chi connectivity index (χ4v) is 2.98. The molecule has 6 heteroatoms. The van der Waals surface area contributed by atoms with Gasteiger partial charge in [-0.15, -0.1) is 0 Å². The number of imidazole rings is 1. The second-order valence-corrected chi connectivity index (χ2v) is 6.60. The first-order chi connectivity index (χ1) is 9.88. The van der Waals surface area contributed by atoms with Crippen LogP contribution in [0.2, 0.25) is 0 Å². The molecule has 2 aromatic carbocycles. The Morgan fingerprint density at radius 2 is 1.71 bits per heavy atom. The first kappa shape index (κ1) is 14.5.